The number of aryl methyl sites for hydroxylation is 2. The second-order valence-corrected chi connectivity index (χ2v) is 7.30. The topological polar surface area (TPSA) is 79.8 Å². The maximum Gasteiger partial charge on any atom is 0.270 e. The summed E-state index contributed by atoms with van der Waals surface area (Å²) in [5, 5.41) is 21.2. The number of allylic oxidation sites excluding steroid dienone is 1. The molecule has 1 aromatic heterocycles. The Labute approximate surface area is 167 Å². The van der Waals surface area contributed by atoms with Gasteiger partial charge in [0.05, 0.1) is 16.2 Å². The van der Waals surface area contributed by atoms with Crippen LogP contribution < -0.4 is 0 Å². The number of thiazole rings is 1. The van der Waals surface area contributed by atoms with E-state index < -0.39 is 4.92 Å². The highest BCUT2D eigenvalue weighted by atomic mass is 32.1. The molecule has 2 aromatic carbocycles. The highest BCUT2D eigenvalue weighted by Gasteiger charge is 2.15. The summed E-state index contributed by atoms with van der Waals surface area (Å²) in [6.45, 7) is 4.18. The van der Waals surface area contributed by atoms with E-state index >= 15 is 0 Å². The minimum Gasteiger partial charge on any atom is -0.258 e. The van der Waals surface area contributed by atoms with Crippen LogP contribution in [0.25, 0.3) is 22.9 Å². The molecule has 0 saturated heterocycles. The number of nitro groups is 1. The lowest BCUT2D eigenvalue weighted by atomic mass is 10.1. The summed E-state index contributed by atoms with van der Waals surface area (Å²) in [5.74, 6) is 0. The SMILES string of the molecule is CCc1ccc(-c2nc(C(C#N)=Cc3cccc([N+](=O)[O-])c3)sc2CC)cc1. The highest BCUT2D eigenvalue weighted by Crippen LogP contribution is 2.33. The fraction of sp³-hybridized carbons (Fsp3) is 0.182. The average molecular weight is 389 g/mol. The third kappa shape index (κ3) is 4.16. The van der Waals surface area contributed by atoms with Crippen molar-refractivity contribution < 1.29 is 4.92 Å². The molecule has 0 amide bonds. The molecule has 28 heavy (non-hydrogen) atoms. The summed E-state index contributed by atoms with van der Waals surface area (Å²) in [6.07, 6.45) is 3.45. The third-order valence-electron chi connectivity index (χ3n) is 4.40. The van der Waals surface area contributed by atoms with Gasteiger partial charge in [-0.3, -0.25) is 10.1 Å². The Balaban J connectivity index is 2.02. The summed E-state index contributed by atoms with van der Waals surface area (Å²) in [6, 6.07) is 16.7. The lowest BCUT2D eigenvalue weighted by molar-refractivity contribution is -0.384. The van der Waals surface area contributed by atoms with Crippen molar-refractivity contribution in [3.05, 3.63) is 79.7 Å². The van der Waals surface area contributed by atoms with Crippen LogP contribution in [-0.2, 0) is 12.8 Å². The Morgan fingerprint density at radius 3 is 2.57 bits per heavy atom. The molecule has 0 aliphatic heterocycles. The standard InChI is InChI=1S/C22H19N3O2S/c1-3-15-8-10-17(11-9-15)21-20(4-2)28-22(24-21)18(14-23)12-16-6-5-7-19(13-16)25(26)27/h5-13H,3-4H2,1-2H3. The molecular formula is C22H19N3O2S. The molecule has 5 nitrogen and oxygen atoms in total. The summed E-state index contributed by atoms with van der Waals surface area (Å²) in [7, 11) is 0. The molecule has 0 radical (unpaired) electrons. The van der Waals surface area contributed by atoms with Crippen LogP contribution in [0.15, 0.2) is 48.5 Å². The fourth-order valence-electron chi connectivity index (χ4n) is 2.87. The lowest BCUT2D eigenvalue weighted by Crippen LogP contribution is -1.88. The Hall–Kier alpha value is -3.30. The minimum atomic E-state index is -0.444. The predicted molar refractivity (Wildman–Crippen MR) is 113 cm³/mol. The number of rotatable bonds is 6. The van der Waals surface area contributed by atoms with E-state index in [1.807, 2.05) is 0 Å². The normalized spacial score (nSPS) is 11.2. The van der Waals surface area contributed by atoms with Gasteiger partial charge in [-0.25, -0.2) is 4.98 Å². The first kappa shape index (κ1) is 19.5. The van der Waals surface area contributed by atoms with Crippen LogP contribution in [0.1, 0.15) is 34.9 Å². The first-order valence-corrected chi connectivity index (χ1v) is 9.83. The second kappa shape index (κ2) is 8.59. The summed E-state index contributed by atoms with van der Waals surface area (Å²) in [4.78, 5) is 16.4. The number of nitro benzene ring substituents is 1. The molecule has 0 N–H and O–H groups in total. The van der Waals surface area contributed by atoms with Gasteiger partial charge in [-0.05, 0) is 30.0 Å². The maximum atomic E-state index is 11.0. The van der Waals surface area contributed by atoms with Crippen molar-refractivity contribution in [3.8, 4) is 17.3 Å². The second-order valence-electron chi connectivity index (χ2n) is 6.22. The van der Waals surface area contributed by atoms with Gasteiger partial charge >= 0.3 is 0 Å². The molecule has 0 aliphatic carbocycles. The number of aromatic nitrogens is 1. The molecular weight excluding hydrogens is 370 g/mol. The van der Waals surface area contributed by atoms with Crippen molar-refractivity contribution in [1.29, 1.82) is 5.26 Å². The van der Waals surface area contributed by atoms with Crippen LogP contribution in [0.3, 0.4) is 0 Å². The molecule has 1 heterocycles. The van der Waals surface area contributed by atoms with E-state index in [2.05, 4.69) is 44.2 Å². The first-order chi connectivity index (χ1) is 13.5. The van der Waals surface area contributed by atoms with Gasteiger partial charge < -0.3 is 0 Å². The molecule has 0 bridgehead atoms. The molecule has 3 aromatic rings. The van der Waals surface area contributed by atoms with E-state index in [0.717, 1.165) is 29.0 Å². The Morgan fingerprint density at radius 1 is 1.21 bits per heavy atom. The molecule has 0 spiro atoms. The van der Waals surface area contributed by atoms with Crippen molar-refractivity contribution in [3.63, 3.8) is 0 Å². The molecule has 3 rings (SSSR count). The van der Waals surface area contributed by atoms with E-state index in [9.17, 15) is 15.4 Å². The highest BCUT2D eigenvalue weighted by molar-refractivity contribution is 7.13. The molecule has 0 atom stereocenters. The summed E-state index contributed by atoms with van der Waals surface area (Å²) < 4.78 is 0. The molecule has 140 valence electrons. The van der Waals surface area contributed by atoms with Gasteiger partial charge in [0, 0.05) is 22.6 Å². The number of hydrogen-bond acceptors (Lipinski definition) is 5. The fourth-order valence-corrected chi connectivity index (χ4v) is 3.86. The van der Waals surface area contributed by atoms with Crippen LogP contribution in [0, 0.1) is 21.4 Å². The quantitative estimate of drug-likeness (QED) is 0.298. The Bertz CT molecular complexity index is 1080. The monoisotopic (exact) mass is 389 g/mol. The Kier molecular flexibility index (Phi) is 5.97. The van der Waals surface area contributed by atoms with Crippen molar-refractivity contribution in [2.45, 2.75) is 26.7 Å². The van der Waals surface area contributed by atoms with Gasteiger partial charge in [0.1, 0.15) is 11.1 Å². The number of hydrogen-bond donors (Lipinski definition) is 0. The van der Waals surface area contributed by atoms with Gasteiger partial charge in [-0.15, -0.1) is 11.3 Å². The molecule has 0 saturated carbocycles. The zero-order valence-corrected chi connectivity index (χ0v) is 16.5. The van der Waals surface area contributed by atoms with E-state index in [4.69, 9.17) is 4.98 Å². The first-order valence-electron chi connectivity index (χ1n) is 9.01. The van der Waals surface area contributed by atoms with E-state index in [1.54, 1.807) is 18.2 Å². The van der Waals surface area contributed by atoms with Gasteiger partial charge in [-0.1, -0.05) is 50.2 Å². The van der Waals surface area contributed by atoms with Crippen LogP contribution in [0.4, 0.5) is 5.69 Å². The van der Waals surface area contributed by atoms with Crippen molar-refractivity contribution in [2.24, 2.45) is 0 Å². The molecule has 0 fully saturated rings. The van der Waals surface area contributed by atoms with Crippen LogP contribution in [-0.4, -0.2) is 9.91 Å². The van der Waals surface area contributed by atoms with E-state index in [1.165, 1.54) is 29.0 Å². The van der Waals surface area contributed by atoms with Crippen LogP contribution in [0.2, 0.25) is 0 Å². The maximum absolute atomic E-state index is 11.0. The summed E-state index contributed by atoms with van der Waals surface area (Å²) >= 11 is 1.49. The molecule has 0 unspecified atom stereocenters. The van der Waals surface area contributed by atoms with E-state index in [0.29, 0.717) is 16.1 Å². The number of nitriles is 1. The van der Waals surface area contributed by atoms with Gasteiger partial charge in [0.2, 0.25) is 0 Å². The zero-order chi connectivity index (χ0) is 20.1. The van der Waals surface area contributed by atoms with Gasteiger partial charge in [-0.2, -0.15) is 5.26 Å². The zero-order valence-electron chi connectivity index (χ0n) is 15.7. The summed E-state index contributed by atoms with van der Waals surface area (Å²) in [5.41, 5.74) is 4.19. The minimum absolute atomic E-state index is 0.00358. The van der Waals surface area contributed by atoms with Crippen molar-refractivity contribution in [1.82, 2.24) is 4.98 Å². The number of benzene rings is 2. The van der Waals surface area contributed by atoms with E-state index in [-0.39, 0.29) is 5.69 Å². The third-order valence-corrected chi connectivity index (χ3v) is 5.63. The van der Waals surface area contributed by atoms with Gasteiger partial charge in [0.25, 0.3) is 5.69 Å². The Morgan fingerprint density at radius 2 is 1.96 bits per heavy atom. The largest absolute Gasteiger partial charge is 0.270 e. The van der Waals surface area contributed by atoms with Crippen molar-refractivity contribution >= 4 is 28.7 Å². The lowest BCUT2D eigenvalue weighted by Gasteiger charge is -2.02. The average Bonchev–Trinajstić information content (AvgIpc) is 3.16. The molecule has 6 heteroatoms. The molecule has 0 aliphatic rings. The van der Waals surface area contributed by atoms with Crippen LogP contribution in [0.5, 0.6) is 0 Å². The van der Waals surface area contributed by atoms with Crippen molar-refractivity contribution in [2.75, 3.05) is 0 Å². The van der Waals surface area contributed by atoms with Gasteiger partial charge in [0.15, 0.2) is 0 Å². The number of nitrogens with zero attached hydrogens (tertiary/aromatic N) is 3. The predicted octanol–water partition coefficient (Wildman–Crippen LogP) is 5.91. The number of non-ortho nitro benzene ring substituents is 1. The smallest absolute Gasteiger partial charge is 0.258 e. The van der Waals surface area contributed by atoms with Crippen LogP contribution >= 0.6 is 11.3 Å².